The third-order valence-corrected chi connectivity index (χ3v) is 3.91. The molecule has 1 aromatic heterocycles. The molecule has 1 amide bonds. The number of fused-ring (bicyclic) bond motifs is 1. The Balaban J connectivity index is 1.97. The van der Waals surface area contributed by atoms with E-state index in [9.17, 15) is 4.79 Å². The van der Waals surface area contributed by atoms with Crippen LogP contribution in [0.1, 0.15) is 25.0 Å². The van der Waals surface area contributed by atoms with Gasteiger partial charge in [0.05, 0.1) is 0 Å². The van der Waals surface area contributed by atoms with Crippen molar-refractivity contribution in [2.75, 3.05) is 6.54 Å². The van der Waals surface area contributed by atoms with Crippen LogP contribution in [-0.2, 0) is 11.2 Å². The van der Waals surface area contributed by atoms with E-state index in [4.69, 9.17) is 5.73 Å². The minimum absolute atomic E-state index is 0.0241. The first-order chi connectivity index (χ1) is 9.50. The summed E-state index contributed by atoms with van der Waals surface area (Å²) in [7, 11) is 0. The van der Waals surface area contributed by atoms with E-state index in [0.29, 0.717) is 6.54 Å². The Bertz CT molecular complexity index is 601. The second-order valence-corrected chi connectivity index (χ2v) is 5.50. The molecule has 0 aliphatic heterocycles. The first kappa shape index (κ1) is 14.6. The average Bonchev–Trinajstić information content (AvgIpc) is 2.82. The van der Waals surface area contributed by atoms with Crippen molar-refractivity contribution >= 4 is 16.8 Å². The second kappa shape index (κ2) is 6.09. The van der Waals surface area contributed by atoms with Crippen molar-refractivity contribution in [3.8, 4) is 0 Å². The molecule has 20 heavy (non-hydrogen) atoms. The standard InChI is InChI=1S/C16H23N3O/c1-10-5-4-6-14-13(9-19-15(10)14)7-8-18-16(20)11(2)12(3)17/h4-6,9,11-12,19H,7-8,17H2,1-3H3,(H,18,20). The molecule has 0 aliphatic carbocycles. The van der Waals surface area contributed by atoms with E-state index in [1.54, 1.807) is 0 Å². The fourth-order valence-corrected chi connectivity index (χ4v) is 2.29. The van der Waals surface area contributed by atoms with Crippen molar-refractivity contribution < 1.29 is 4.79 Å². The SMILES string of the molecule is Cc1cccc2c(CCNC(=O)C(C)C(C)N)c[nH]c12. The highest BCUT2D eigenvalue weighted by molar-refractivity contribution is 5.86. The van der Waals surface area contributed by atoms with Gasteiger partial charge in [-0.25, -0.2) is 0 Å². The van der Waals surface area contributed by atoms with Crippen LogP contribution in [0.5, 0.6) is 0 Å². The van der Waals surface area contributed by atoms with Crippen molar-refractivity contribution in [1.29, 1.82) is 0 Å². The third kappa shape index (κ3) is 3.02. The summed E-state index contributed by atoms with van der Waals surface area (Å²) in [5.74, 6) is -0.128. The summed E-state index contributed by atoms with van der Waals surface area (Å²) in [4.78, 5) is 15.1. The molecule has 0 bridgehead atoms. The van der Waals surface area contributed by atoms with Gasteiger partial charge in [-0.2, -0.15) is 0 Å². The predicted molar refractivity (Wildman–Crippen MR) is 82.6 cm³/mol. The second-order valence-electron chi connectivity index (χ2n) is 5.50. The molecule has 2 aromatic rings. The number of benzene rings is 1. The van der Waals surface area contributed by atoms with E-state index in [1.807, 2.05) is 20.0 Å². The van der Waals surface area contributed by atoms with Gasteiger partial charge in [-0.05, 0) is 31.4 Å². The van der Waals surface area contributed by atoms with Crippen LogP contribution < -0.4 is 11.1 Å². The fraction of sp³-hybridized carbons (Fsp3) is 0.438. The maximum atomic E-state index is 11.8. The molecule has 0 radical (unpaired) electrons. The summed E-state index contributed by atoms with van der Waals surface area (Å²) < 4.78 is 0. The van der Waals surface area contributed by atoms with Gasteiger partial charge in [-0.1, -0.05) is 25.1 Å². The quantitative estimate of drug-likeness (QED) is 0.781. The van der Waals surface area contributed by atoms with Gasteiger partial charge in [0.2, 0.25) is 5.91 Å². The molecular weight excluding hydrogens is 250 g/mol. The van der Waals surface area contributed by atoms with E-state index in [1.165, 1.54) is 22.0 Å². The van der Waals surface area contributed by atoms with Crippen molar-refractivity contribution in [1.82, 2.24) is 10.3 Å². The number of rotatable bonds is 5. The van der Waals surface area contributed by atoms with Crippen LogP contribution in [0.25, 0.3) is 10.9 Å². The van der Waals surface area contributed by atoms with Crippen molar-refractivity contribution in [3.63, 3.8) is 0 Å². The smallest absolute Gasteiger partial charge is 0.224 e. The molecule has 4 N–H and O–H groups in total. The molecule has 2 unspecified atom stereocenters. The zero-order valence-corrected chi connectivity index (χ0v) is 12.4. The average molecular weight is 273 g/mol. The number of amides is 1. The molecular formula is C16H23N3O. The number of aromatic nitrogens is 1. The molecule has 0 aliphatic rings. The molecule has 1 aromatic carbocycles. The van der Waals surface area contributed by atoms with Gasteiger partial charge in [0.15, 0.2) is 0 Å². The van der Waals surface area contributed by atoms with Crippen LogP contribution in [-0.4, -0.2) is 23.5 Å². The molecule has 1 heterocycles. The number of para-hydroxylation sites is 1. The largest absolute Gasteiger partial charge is 0.361 e. The molecule has 4 heteroatoms. The predicted octanol–water partition coefficient (Wildman–Crippen LogP) is 2.12. The van der Waals surface area contributed by atoms with Crippen LogP contribution in [0.15, 0.2) is 24.4 Å². The van der Waals surface area contributed by atoms with Gasteiger partial charge in [0, 0.05) is 35.6 Å². The van der Waals surface area contributed by atoms with E-state index in [2.05, 4.69) is 35.4 Å². The first-order valence-electron chi connectivity index (χ1n) is 7.09. The van der Waals surface area contributed by atoms with Gasteiger partial charge in [0.1, 0.15) is 0 Å². The number of nitrogens with one attached hydrogen (secondary N) is 2. The van der Waals surface area contributed by atoms with Gasteiger partial charge in [0.25, 0.3) is 0 Å². The van der Waals surface area contributed by atoms with Crippen molar-refractivity contribution in [2.24, 2.45) is 11.7 Å². The Labute approximate surface area is 119 Å². The maximum absolute atomic E-state index is 11.8. The van der Waals surface area contributed by atoms with Crippen LogP contribution in [0, 0.1) is 12.8 Å². The van der Waals surface area contributed by atoms with Gasteiger partial charge in [-0.15, -0.1) is 0 Å². The highest BCUT2D eigenvalue weighted by Crippen LogP contribution is 2.21. The Hall–Kier alpha value is -1.81. The molecule has 0 saturated heterocycles. The Morgan fingerprint density at radius 1 is 1.40 bits per heavy atom. The highest BCUT2D eigenvalue weighted by Gasteiger charge is 2.16. The van der Waals surface area contributed by atoms with Crippen LogP contribution in [0.3, 0.4) is 0 Å². The zero-order valence-electron chi connectivity index (χ0n) is 12.4. The Morgan fingerprint density at radius 2 is 2.15 bits per heavy atom. The van der Waals surface area contributed by atoms with Crippen LogP contribution in [0.4, 0.5) is 0 Å². The number of aryl methyl sites for hydroxylation is 1. The summed E-state index contributed by atoms with van der Waals surface area (Å²) in [6, 6.07) is 6.15. The lowest BCUT2D eigenvalue weighted by atomic mass is 10.0. The lowest BCUT2D eigenvalue weighted by Crippen LogP contribution is -2.39. The Morgan fingerprint density at radius 3 is 2.85 bits per heavy atom. The summed E-state index contributed by atoms with van der Waals surface area (Å²) in [6.07, 6.45) is 2.85. The Kier molecular flexibility index (Phi) is 4.45. The van der Waals surface area contributed by atoms with E-state index >= 15 is 0 Å². The molecule has 2 rings (SSSR count). The third-order valence-electron chi connectivity index (χ3n) is 3.91. The lowest BCUT2D eigenvalue weighted by Gasteiger charge is -2.15. The molecule has 0 spiro atoms. The van der Waals surface area contributed by atoms with Gasteiger partial charge in [-0.3, -0.25) is 4.79 Å². The molecule has 0 saturated carbocycles. The zero-order chi connectivity index (χ0) is 14.7. The lowest BCUT2D eigenvalue weighted by molar-refractivity contribution is -0.124. The van der Waals surface area contributed by atoms with Crippen LogP contribution >= 0.6 is 0 Å². The highest BCUT2D eigenvalue weighted by atomic mass is 16.1. The van der Waals surface area contributed by atoms with E-state index < -0.39 is 0 Å². The number of nitrogens with two attached hydrogens (primary N) is 1. The van der Waals surface area contributed by atoms with Crippen molar-refractivity contribution in [3.05, 3.63) is 35.5 Å². The molecule has 108 valence electrons. The summed E-state index contributed by atoms with van der Waals surface area (Å²) in [5.41, 5.74) is 9.38. The summed E-state index contributed by atoms with van der Waals surface area (Å²) in [6.45, 7) is 6.44. The molecule has 4 nitrogen and oxygen atoms in total. The number of aromatic amines is 1. The number of H-pyrrole nitrogens is 1. The number of carbonyl (C=O) groups is 1. The monoisotopic (exact) mass is 273 g/mol. The number of hydrogen-bond acceptors (Lipinski definition) is 2. The number of carbonyl (C=O) groups excluding carboxylic acids is 1. The first-order valence-corrected chi connectivity index (χ1v) is 7.09. The maximum Gasteiger partial charge on any atom is 0.224 e. The van der Waals surface area contributed by atoms with E-state index in [0.717, 1.165) is 6.42 Å². The number of hydrogen-bond donors (Lipinski definition) is 3. The van der Waals surface area contributed by atoms with Gasteiger partial charge < -0.3 is 16.0 Å². The molecule has 2 atom stereocenters. The topological polar surface area (TPSA) is 70.9 Å². The minimum Gasteiger partial charge on any atom is -0.361 e. The van der Waals surface area contributed by atoms with Crippen molar-refractivity contribution in [2.45, 2.75) is 33.2 Å². The van der Waals surface area contributed by atoms with Crippen LogP contribution in [0.2, 0.25) is 0 Å². The summed E-state index contributed by atoms with van der Waals surface area (Å²) >= 11 is 0. The minimum atomic E-state index is -0.153. The summed E-state index contributed by atoms with van der Waals surface area (Å²) in [5, 5.41) is 4.18. The molecule has 0 fully saturated rings. The van der Waals surface area contributed by atoms with Gasteiger partial charge >= 0.3 is 0 Å². The fourth-order valence-electron chi connectivity index (χ4n) is 2.29. The normalized spacial score (nSPS) is 14.2. The van der Waals surface area contributed by atoms with E-state index in [-0.39, 0.29) is 17.9 Å².